The van der Waals surface area contributed by atoms with Gasteiger partial charge in [0.1, 0.15) is 0 Å². The molecule has 0 aliphatic carbocycles. The fourth-order valence-corrected chi connectivity index (χ4v) is 4.28. The highest BCUT2D eigenvalue weighted by atomic mass is 32.1. The molecule has 2 N–H and O–H groups in total. The molecule has 2 aromatic rings. The molecular formula is C19H24N4O2S. The Hall–Kier alpha value is -1.96. The summed E-state index contributed by atoms with van der Waals surface area (Å²) in [5, 5.41) is 13.6. The van der Waals surface area contributed by atoms with Crippen molar-refractivity contribution in [3.05, 3.63) is 54.1 Å². The third-order valence-corrected chi connectivity index (χ3v) is 5.48. The van der Waals surface area contributed by atoms with Crippen molar-refractivity contribution in [2.24, 2.45) is 0 Å². The van der Waals surface area contributed by atoms with Gasteiger partial charge in [0.05, 0.1) is 30.5 Å². The standard InChI is InChI=1S/C19H24N4O2S/c24-11-10-23-18(17(21-19(23)26)15-6-1-2-8-20-15)16-7-3-9-22(16)13-14-5-4-12-25-14/h1-3,6-9,14,17-18,24H,4-5,10-13H2,(H,21,26)/t14-,17+,18-/m0/s1. The maximum Gasteiger partial charge on any atom is 0.170 e. The van der Waals surface area contributed by atoms with Crippen LogP contribution in [0.3, 0.4) is 0 Å². The van der Waals surface area contributed by atoms with Gasteiger partial charge in [-0.1, -0.05) is 6.07 Å². The second-order valence-electron chi connectivity index (χ2n) is 6.76. The highest BCUT2D eigenvalue weighted by Gasteiger charge is 2.40. The van der Waals surface area contributed by atoms with Crippen molar-refractivity contribution in [1.82, 2.24) is 19.8 Å². The van der Waals surface area contributed by atoms with Crippen LogP contribution >= 0.6 is 12.2 Å². The van der Waals surface area contributed by atoms with E-state index in [0.29, 0.717) is 11.7 Å². The van der Waals surface area contributed by atoms with Gasteiger partial charge in [-0.2, -0.15) is 0 Å². The van der Waals surface area contributed by atoms with E-state index in [9.17, 15) is 5.11 Å². The Morgan fingerprint density at radius 2 is 2.23 bits per heavy atom. The molecular weight excluding hydrogens is 348 g/mol. The Bertz CT molecular complexity index is 745. The lowest BCUT2D eigenvalue weighted by Gasteiger charge is -2.28. The molecule has 0 aromatic carbocycles. The maximum absolute atomic E-state index is 9.54. The van der Waals surface area contributed by atoms with Gasteiger partial charge in [0.2, 0.25) is 0 Å². The van der Waals surface area contributed by atoms with E-state index < -0.39 is 0 Å². The molecule has 26 heavy (non-hydrogen) atoms. The van der Waals surface area contributed by atoms with Crippen LogP contribution in [-0.4, -0.2) is 50.5 Å². The van der Waals surface area contributed by atoms with Gasteiger partial charge in [-0.25, -0.2) is 0 Å². The molecule has 4 heterocycles. The molecule has 7 heteroatoms. The van der Waals surface area contributed by atoms with Crippen LogP contribution in [0.4, 0.5) is 0 Å². The van der Waals surface area contributed by atoms with E-state index in [0.717, 1.165) is 37.4 Å². The monoisotopic (exact) mass is 372 g/mol. The van der Waals surface area contributed by atoms with Crippen molar-refractivity contribution in [3.8, 4) is 0 Å². The minimum Gasteiger partial charge on any atom is -0.395 e. The predicted molar refractivity (Wildman–Crippen MR) is 103 cm³/mol. The molecule has 138 valence electrons. The van der Waals surface area contributed by atoms with Gasteiger partial charge >= 0.3 is 0 Å². The smallest absolute Gasteiger partial charge is 0.170 e. The number of aliphatic hydroxyl groups excluding tert-OH is 1. The molecule has 3 atom stereocenters. The second kappa shape index (κ2) is 7.73. The Morgan fingerprint density at radius 1 is 1.31 bits per heavy atom. The van der Waals surface area contributed by atoms with Gasteiger partial charge in [0.25, 0.3) is 0 Å². The highest BCUT2D eigenvalue weighted by molar-refractivity contribution is 7.80. The average molecular weight is 372 g/mol. The minimum atomic E-state index is -0.0478. The fraction of sp³-hybridized carbons (Fsp3) is 0.474. The number of pyridine rings is 1. The number of nitrogens with one attached hydrogen (secondary N) is 1. The number of β-amino-alcohol motifs (C(OH)–C–C–N with tert-alkyl or cyclic N) is 1. The first-order valence-corrected chi connectivity index (χ1v) is 9.54. The highest BCUT2D eigenvalue weighted by Crippen LogP contribution is 2.38. The number of aromatic nitrogens is 2. The van der Waals surface area contributed by atoms with Gasteiger partial charge in [0.15, 0.2) is 5.11 Å². The first kappa shape index (κ1) is 17.5. The Kier molecular flexibility index (Phi) is 5.19. The third-order valence-electron chi connectivity index (χ3n) is 5.13. The summed E-state index contributed by atoms with van der Waals surface area (Å²) in [6.45, 7) is 2.24. The number of rotatable bonds is 6. The number of thiocarbonyl (C=S) groups is 1. The predicted octanol–water partition coefficient (Wildman–Crippen LogP) is 2.03. The summed E-state index contributed by atoms with van der Waals surface area (Å²) in [6.07, 6.45) is 6.40. The molecule has 0 unspecified atom stereocenters. The van der Waals surface area contributed by atoms with E-state index in [1.54, 1.807) is 6.20 Å². The fourth-order valence-electron chi connectivity index (χ4n) is 3.95. The number of hydrogen-bond acceptors (Lipinski definition) is 4. The quantitative estimate of drug-likeness (QED) is 0.757. The van der Waals surface area contributed by atoms with Crippen molar-refractivity contribution >= 4 is 17.3 Å². The van der Waals surface area contributed by atoms with E-state index >= 15 is 0 Å². The normalized spacial score (nSPS) is 25.7. The van der Waals surface area contributed by atoms with Gasteiger partial charge in [-0.15, -0.1) is 0 Å². The number of nitrogens with zero attached hydrogens (tertiary/aromatic N) is 3. The first-order chi connectivity index (χ1) is 12.8. The zero-order valence-electron chi connectivity index (χ0n) is 14.6. The Balaban J connectivity index is 1.68. The topological polar surface area (TPSA) is 62.5 Å². The first-order valence-electron chi connectivity index (χ1n) is 9.13. The molecule has 2 aromatic heterocycles. The van der Waals surface area contributed by atoms with Crippen LogP contribution in [0, 0.1) is 0 Å². The molecule has 2 aliphatic heterocycles. The summed E-state index contributed by atoms with van der Waals surface area (Å²) in [5.41, 5.74) is 2.11. The molecule has 0 radical (unpaired) electrons. The van der Waals surface area contributed by atoms with Crippen LogP contribution in [0.1, 0.15) is 36.3 Å². The Morgan fingerprint density at radius 3 is 2.96 bits per heavy atom. The molecule has 4 rings (SSSR count). The molecule has 2 fully saturated rings. The molecule has 0 amide bonds. The average Bonchev–Trinajstić information content (AvgIpc) is 3.39. The molecule has 0 spiro atoms. The van der Waals surface area contributed by atoms with Crippen LogP contribution in [-0.2, 0) is 11.3 Å². The summed E-state index contributed by atoms with van der Waals surface area (Å²) in [4.78, 5) is 6.60. The van der Waals surface area contributed by atoms with Crippen molar-refractivity contribution in [2.75, 3.05) is 19.8 Å². The van der Waals surface area contributed by atoms with E-state index in [1.165, 1.54) is 0 Å². The second-order valence-corrected chi connectivity index (χ2v) is 7.15. The van der Waals surface area contributed by atoms with Crippen molar-refractivity contribution in [1.29, 1.82) is 0 Å². The number of ether oxygens (including phenoxy) is 1. The number of aliphatic hydroxyl groups is 1. The van der Waals surface area contributed by atoms with Gasteiger partial charge in [-0.05, 0) is 49.3 Å². The van der Waals surface area contributed by atoms with E-state index in [1.807, 2.05) is 18.2 Å². The Labute approximate surface area is 158 Å². The molecule has 2 aliphatic rings. The molecule has 6 nitrogen and oxygen atoms in total. The summed E-state index contributed by atoms with van der Waals surface area (Å²) >= 11 is 5.56. The van der Waals surface area contributed by atoms with Crippen LogP contribution in [0.2, 0.25) is 0 Å². The summed E-state index contributed by atoms with van der Waals surface area (Å²) < 4.78 is 8.08. The summed E-state index contributed by atoms with van der Waals surface area (Å²) in [6, 6.07) is 10.1. The van der Waals surface area contributed by atoms with Gasteiger partial charge in [-0.3, -0.25) is 4.98 Å². The summed E-state index contributed by atoms with van der Waals surface area (Å²) in [5.74, 6) is 0. The van der Waals surface area contributed by atoms with E-state index in [-0.39, 0.29) is 24.8 Å². The van der Waals surface area contributed by atoms with Crippen molar-refractivity contribution in [3.63, 3.8) is 0 Å². The lowest BCUT2D eigenvalue weighted by molar-refractivity contribution is 0.0951. The third kappa shape index (κ3) is 3.34. The molecule has 0 saturated carbocycles. The van der Waals surface area contributed by atoms with Crippen LogP contribution < -0.4 is 5.32 Å². The van der Waals surface area contributed by atoms with Crippen LogP contribution in [0.5, 0.6) is 0 Å². The van der Waals surface area contributed by atoms with E-state index in [2.05, 4.69) is 38.1 Å². The van der Waals surface area contributed by atoms with E-state index in [4.69, 9.17) is 17.0 Å². The largest absolute Gasteiger partial charge is 0.395 e. The SMILES string of the molecule is OCCN1C(=S)N[C@H](c2ccccn2)[C@@H]1c1cccn1C[C@@H]1CCCO1. The lowest BCUT2D eigenvalue weighted by Crippen LogP contribution is -2.33. The molecule has 2 saturated heterocycles. The van der Waals surface area contributed by atoms with Crippen molar-refractivity contribution in [2.45, 2.75) is 37.6 Å². The van der Waals surface area contributed by atoms with Gasteiger partial charge in [0, 0.05) is 37.8 Å². The zero-order chi connectivity index (χ0) is 17.9. The van der Waals surface area contributed by atoms with Crippen LogP contribution in [0.25, 0.3) is 0 Å². The maximum atomic E-state index is 9.54. The van der Waals surface area contributed by atoms with Crippen molar-refractivity contribution < 1.29 is 9.84 Å². The zero-order valence-corrected chi connectivity index (χ0v) is 15.4. The minimum absolute atomic E-state index is 0.0130. The molecule has 0 bridgehead atoms. The lowest BCUT2D eigenvalue weighted by atomic mass is 10.0. The summed E-state index contributed by atoms with van der Waals surface area (Å²) in [7, 11) is 0. The number of hydrogen-bond donors (Lipinski definition) is 2. The van der Waals surface area contributed by atoms with Crippen LogP contribution in [0.15, 0.2) is 42.7 Å². The van der Waals surface area contributed by atoms with Gasteiger partial charge < -0.3 is 24.6 Å².